The van der Waals surface area contributed by atoms with Crippen molar-refractivity contribution in [3.8, 4) is 5.75 Å². The third kappa shape index (κ3) is 5.80. The zero-order valence-corrected chi connectivity index (χ0v) is 17.2. The van der Waals surface area contributed by atoms with Crippen LogP contribution in [-0.2, 0) is 20.7 Å². The summed E-state index contributed by atoms with van der Waals surface area (Å²) in [4.78, 5) is 40.6. The highest BCUT2D eigenvalue weighted by Crippen LogP contribution is 2.14. The molecule has 1 aromatic carbocycles. The van der Waals surface area contributed by atoms with E-state index in [0.717, 1.165) is 11.3 Å². The van der Waals surface area contributed by atoms with Crippen LogP contribution in [0.4, 0.5) is 0 Å². The fourth-order valence-electron chi connectivity index (χ4n) is 3.06. The number of amides is 2. The van der Waals surface area contributed by atoms with Gasteiger partial charge >= 0.3 is 5.97 Å². The minimum absolute atomic E-state index is 0.00272. The number of rotatable bonds is 7. The van der Waals surface area contributed by atoms with Crippen LogP contribution < -0.4 is 4.74 Å². The first-order valence-electron chi connectivity index (χ1n) is 9.46. The number of aryl methyl sites for hydroxylation is 1. The molecular formula is C21H24N2O5S. The molecule has 0 N–H and O–H groups in total. The molecule has 0 aliphatic carbocycles. The number of hydrogen-bond donors (Lipinski definition) is 0. The second kappa shape index (κ2) is 10.1. The van der Waals surface area contributed by atoms with Crippen molar-refractivity contribution in [1.82, 2.24) is 9.80 Å². The fourth-order valence-corrected chi connectivity index (χ4v) is 3.75. The number of hydrogen-bond acceptors (Lipinski definition) is 6. The maximum atomic E-state index is 12.3. The van der Waals surface area contributed by atoms with Gasteiger partial charge in [0, 0.05) is 32.6 Å². The summed E-state index contributed by atoms with van der Waals surface area (Å²) in [6, 6.07) is 11.1. The average Bonchev–Trinajstić information content (AvgIpc) is 3.31. The highest BCUT2D eigenvalue weighted by Gasteiger charge is 2.25. The molecule has 29 heavy (non-hydrogen) atoms. The van der Waals surface area contributed by atoms with Crippen LogP contribution in [0.1, 0.15) is 21.7 Å². The lowest BCUT2D eigenvalue weighted by Gasteiger charge is -2.34. The van der Waals surface area contributed by atoms with Gasteiger partial charge in [-0.15, -0.1) is 11.3 Å². The van der Waals surface area contributed by atoms with Crippen LogP contribution in [0, 0.1) is 0 Å². The van der Waals surface area contributed by atoms with E-state index in [2.05, 4.69) is 0 Å². The third-order valence-electron chi connectivity index (χ3n) is 4.79. The smallest absolute Gasteiger partial charge is 0.306 e. The van der Waals surface area contributed by atoms with E-state index >= 15 is 0 Å². The van der Waals surface area contributed by atoms with Gasteiger partial charge in [0.15, 0.2) is 6.61 Å². The highest BCUT2D eigenvalue weighted by atomic mass is 32.1. The third-order valence-corrected chi connectivity index (χ3v) is 5.64. The molecular weight excluding hydrogens is 392 g/mol. The van der Waals surface area contributed by atoms with Crippen LogP contribution in [0.2, 0.25) is 0 Å². The summed E-state index contributed by atoms with van der Waals surface area (Å²) >= 11 is 1.41. The number of methoxy groups -OCH3 is 1. The maximum Gasteiger partial charge on any atom is 0.306 e. The molecule has 1 fully saturated rings. The number of piperazine rings is 1. The van der Waals surface area contributed by atoms with Crippen LogP contribution in [0.25, 0.3) is 0 Å². The molecule has 8 heteroatoms. The van der Waals surface area contributed by atoms with Crippen molar-refractivity contribution in [3.63, 3.8) is 0 Å². The number of thiophene rings is 1. The monoisotopic (exact) mass is 416 g/mol. The molecule has 1 aromatic heterocycles. The number of carbonyl (C=O) groups excluding carboxylic acids is 3. The molecule has 0 bridgehead atoms. The van der Waals surface area contributed by atoms with Gasteiger partial charge < -0.3 is 19.3 Å². The van der Waals surface area contributed by atoms with Crippen LogP contribution >= 0.6 is 11.3 Å². The fraction of sp³-hybridized carbons (Fsp3) is 0.381. The molecule has 1 saturated heterocycles. The molecule has 154 valence electrons. The van der Waals surface area contributed by atoms with E-state index < -0.39 is 5.97 Å². The normalized spacial score (nSPS) is 13.8. The molecule has 2 amide bonds. The summed E-state index contributed by atoms with van der Waals surface area (Å²) in [5, 5.41) is 1.87. The van der Waals surface area contributed by atoms with E-state index in [4.69, 9.17) is 9.47 Å². The SMILES string of the molecule is COc1ccc(CCC(=O)OCC(=O)N2CCN(C(=O)c3cccs3)CC2)cc1. The molecule has 7 nitrogen and oxygen atoms in total. The van der Waals surface area contributed by atoms with Crippen molar-refractivity contribution in [3.05, 3.63) is 52.2 Å². The van der Waals surface area contributed by atoms with Crippen LogP contribution in [-0.4, -0.2) is 67.5 Å². The van der Waals surface area contributed by atoms with Gasteiger partial charge in [-0.25, -0.2) is 0 Å². The van der Waals surface area contributed by atoms with Crippen LogP contribution in [0.15, 0.2) is 41.8 Å². The van der Waals surface area contributed by atoms with Crippen LogP contribution in [0.5, 0.6) is 5.75 Å². The number of nitrogens with zero attached hydrogens (tertiary/aromatic N) is 2. The first-order chi connectivity index (χ1) is 14.1. The lowest BCUT2D eigenvalue weighted by atomic mass is 10.1. The Bertz CT molecular complexity index is 827. The second-order valence-corrected chi connectivity index (χ2v) is 7.61. The number of carbonyl (C=O) groups is 3. The largest absolute Gasteiger partial charge is 0.497 e. The minimum Gasteiger partial charge on any atom is -0.497 e. The number of ether oxygens (including phenoxy) is 2. The van der Waals surface area contributed by atoms with Gasteiger partial charge in [0.1, 0.15) is 5.75 Å². The van der Waals surface area contributed by atoms with Crippen molar-refractivity contribution in [2.24, 2.45) is 0 Å². The Hall–Kier alpha value is -2.87. The van der Waals surface area contributed by atoms with Crippen molar-refractivity contribution in [1.29, 1.82) is 0 Å². The molecule has 1 aliphatic rings. The van der Waals surface area contributed by atoms with E-state index in [1.54, 1.807) is 23.0 Å². The van der Waals surface area contributed by atoms with E-state index in [-0.39, 0.29) is 24.8 Å². The van der Waals surface area contributed by atoms with Crippen molar-refractivity contribution < 1.29 is 23.9 Å². The van der Waals surface area contributed by atoms with E-state index in [0.29, 0.717) is 37.5 Å². The lowest BCUT2D eigenvalue weighted by molar-refractivity contribution is -0.152. The van der Waals surface area contributed by atoms with Gasteiger partial charge in [-0.1, -0.05) is 18.2 Å². The van der Waals surface area contributed by atoms with Gasteiger partial charge in [0.2, 0.25) is 0 Å². The Morgan fingerprint density at radius 3 is 2.31 bits per heavy atom. The molecule has 0 saturated carbocycles. The Kier molecular flexibility index (Phi) is 7.24. The summed E-state index contributed by atoms with van der Waals surface area (Å²) in [6.07, 6.45) is 0.753. The first kappa shape index (κ1) is 20.9. The zero-order valence-electron chi connectivity index (χ0n) is 16.3. The predicted molar refractivity (Wildman–Crippen MR) is 109 cm³/mol. The summed E-state index contributed by atoms with van der Waals surface area (Å²) in [5.41, 5.74) is 1.00. The standard InChI is InChI=1S/C21H24N2O5S/c1-27-17-7-4-16(5-8-17)6-9-20(25)28-15-19(24)22-10-12-23(13-11-22)21(26)18-3-2-14-29-18/h2-5,7-8,14H,6,9-13,15H2,1H3. The second-order valence-electron chi connectivity index (χ2n) is 6.66. The lowest BCUT2D eigenvalue weighted by Crippen LogP contribution is -2.51. The van der Waals surface area contributed by atoms with Crippen molar-refractivity contribution >= 4 is 29.1 Å². The Morgan fingerprint density at radius 1 is 1.00 bits per heavy atom. The summed E-state index contributed by atoms with van der Waals surface area (Å²) in [6.45, 7) is 1.58. The van der Waals surface area contributed by atoms with Gasteiger partial charge in [-0.05, 0) is 35.6 Å². The molecule has 0 spiro atoms. The number of esters is 1. The van der Waals surface area contributed by atoms with Gasteiger partial charge in [0.25, 0.3) is 11.8 Å². The van der Waals surface area contributed by atoms with Gasteiger partial charge in [0.05, 0.1) is 12.0 Å². The topological polar surface area (TPSA) is 76.2 Å². The minimum atomic E-state index is -0.402. The quantitative estimate of drug-likeness (QED) is 0.647. The molecule has 0 atom stereocenters. The highest BCUT2D eigenvalue weighted by molar-refractivity contribution is 7.12. The molecule has 2 heterocycles. The van der Waals surface area contributed by atoms with E-state index in [1.165, 1.54) is 11.3 Å². The molecule has 0 radical (unpaired) electrons. The van der Waals surface area contributed by atoms with Crippen molar-refractivity contribution in [2.75, 3.05) is 39.9 Å². The Labute approximate surface area is 173 Å². The first-order valence-corrected chi connectivity index (χ1v) is 10.3. The summed E-state index contributed by atoms with van der Waals surface area (Å²) in [7, 11) is 1.60. The van der Waals surface area contributed by atoms with Gasteiger partial charge in [-0.3, -0.25) is 14.4 Å². The molecule has 0 unspecified atom stereocenters. The summed E-state index contributed by atoms with van der Waals surface area (Å²) < 4.78 is 10.2. The predicted octanol–water partition coefficient (Wildman–Crippen LogP) is 2.22. The Morgan fingerprint density at radius 2 is 1.69 bits per heavy atom. The van der Waals surface area contributed by atoms with E-state index in [1.807, 2.05) is 35.7 Å². The number of benzene rings is 1. The van der Waals surface area contributed by atoms with Crippen molar-refractivity contribution in [2.45, 2.75) is 12.8 Å². The molecule has 2 aromatic rings. The molecule has 3 rings (SSSR count). The van der Waals surface area contributed by atoms with E-state index in [9.17, 15) is 14.4 Å². The van der Waals surface area contributed by atoms with Crippen LogP contribution in [0.3, 0.4) is 0 Å². The average molecular weight is 416 g/mol. The zero-order chi connectivity index (χ0) is 20.6. The summed E-state index contributed by atoms with van der Waals surface area (Å²) in [5.74, 6) is 0.128. The maximum absolute atomic E-state index is 12.3. The van der Waals surface area contributed by atoms with Gasteiger partial charge in [-0.2, -0.15) is 0 Å². The molecule has 1 aliphatic heterocycles. The Balaban J connectivity index is 1.36.